The van der Waals surface area contributed by atoms with Crippen LogP contribution in [0.1, 0.15) is 20.7 Å². The molecule has 0 aliphatic rings. The number of ether oxygens (including phenoxy) is 1. The summed E-state index contributed by atoms with van der Waals surface area (Å²) in [5.41, 5.74) is -1.15. The van der Waals surface area contributed by atoms with E-state index in [0.717, 1.165) is 0 Å². The van der Waals surface area contributed by atoms with Gasteiger partial charge in [-0.05, 0) is 6.07 Å². The van der Waals surface area contributed by atoms with Gasteiger partial charge in [-0.25, -0.2) is 4.39 Å². The third kappa shape index (κ3) is 2.78. The Morgan fingerprint density at radius 1 is 1.12 bits per heavy atom. The Hall–Kier alpha value is -1.92. The van der Waals surface area contributed by atoms with Gasteiger partial charge in [0.15, 0.2) is 12.6 Å². The molecule has 0 atom stereocenters. The van der Waals surface area contributed by atoms with E-state index in [1.165, 1.54) is 0 Å². The Bertz CT molecular complexity index is 425. The molecule has 0 saturated carbocycles. The zero-order valence-electron chi connectivity index (χ0n) is 7.55. The Kier molecular flexibility index (Phi) is 3.26. The van der Waals surface area contributed by atoms with Crippen LogP contribution in [0, 0.1) is 5.82 Å². The fourth-order valence-electron chi connectivity index (χ4n) is 1.05. The van der Waals surface area contributed by atoms with E-state index >= 15 is 0 Å². The van der Waals surface area contributed by atoms with Crippen molar-refractivity contribution in [3.8, 4) is 5.75 Å². The fraction of sp³-hybridized carbons (Fsp3) is 0.111. The van der Waals surface area contributed by atoms with Crippen molar-refractivity contribution in [2.24, 2.45) is 0 Å². The second-order valence-electron chi connectivity index (χ2n) is 2.69. The molecule has 0 N–H and O–H groups in total. The van der Waals surface area contributed by atoms with Crippen LogP contribution in [0.3, 0.4) is 0 Å². The minimum Gasteiger partial charge on any atom is -0.405 e. The number of benzene rings is 1. The molecule has 86 valence electrons. The highest BCUT2D eigenvalue weighted by molar-refractivity contribution is 5.93. The fourth-order valence-corrected chi connectivity index (χ4v) is 1.05. The first-order valence-corrected chi connectivity index (χ1v) is 3.87. The van der Waals surface area contributed by atoms with Gasteiger partial charge in [-0.3, -0.25) is 9.59 Å². The van der Waals surface area contributed by atoms with Crippen molar-refractivity contribution in [1.29, 1.82) is 0 Å². The molecule has 0 radical (unpaired) electrons. The number of carbonyl (C=O) groups excluding carboxylic acids is 2. The van der Waals surface area contributed by atoms with Gasteiger partial charge in [-0.1, -0.05) is 0 Å². The highest BCUT2D eigenvalue weighted by Gasteiger charge is 2.32. The van der Waals surface area contributed by atoms with Gasteiger partial charge in [-0.2, -0.15) is 0 Å². The lowest BCUT2D eigenvalue weighted by Gasteiger charge is -2.11. The quantitative estimate of drug-likeness (QED) is 0.597. The van der Waals surface area contributed by atoms with E-state index in [0.29, 0.717) is 12.1 Å². The van der Waals surface area contributed by atoms with Crippen molar-refractivity contribution < 1.29 is 31.9 Å². The second-order valence-corrected chi connectivity index (χ2v) is 2.69. The van der Waals surface area contributed by atoms with Crippen molar-refractivity contribution in [2.45, 2.75) is 6.36 Å². The lowest BCUT2D eigenvalue weighted by atomic mass is 10.1. The minimum atomic E-state index is -5.06. The molecule has 0 heterocycles. The van der Waals surface area contributed by atoms with Gasteiger partial charge in [0.25, 0.3) is 0 Å². The van der Waals surface area contributed by atoms with Crippen LogP contribution in [-0.4, -0.2) is 18.9 Å². The molecule has 0 saturated heterocycles. The van der Waals surface area contributed by atoms with Crippen LogP contribution in [-0.2, 0) is 0 Å². The molecule has 0 aromatic heterocycles. The number of rotatable bonds is 3. The summed E-state index contributed by atoms with van der Waals surface area (Å²) in [6.45, 7) is 0. The molecule has 0 amide bonds. The van der Waals surface area contributed by atoms with Crippen molar-refractivity contribution in [3.05, 3.63) is 29.1 Å². The SMILES string of the molecule is O=Cc1cc(F)cc(OC(F)(F)F)c1C=O. The molecular weight excluding hydrogens is 232 g/mol. The minimum absolute atomic E-state index is 0.00968. The first kappa shape index (κ1) is 12.2. The summed E-state index contributed by atoms with van der Waals surface area (Å²) in [6.07, 6.45) is -5.01. The smallest absolute Gasteiger partial charge is 0.405 e. The summed E-state index contributed by atoms with van der Waals surface area (Å²) in [5, 5.41) is 0. The average Bonchev–Trinajstić information content (AvgIpc) is 2.14. The van der Waals surface area contributed by atoms with Gasteiger partial charge in [0.1, 0.15) is 11.6 Å². The second kappa shape index (κ2) is 4.30. The van der Waals surface area contributed by atoms with Crippen LogP contribution >= 0.6 is 0 Å². The van der Waals surface area contributed by atoms with Crippen LogP contribution in [0.15, 0.2) is 12.1 Å². The lowest BCUT2D eigenvalue weighted by Crippen LogP contribution is -2.18. The van der Waals surface area contributed by atoms with Crippen molar-refractivity contribution in [3.63, 3.8) is 0 Å². The summed E-state index contributed by atoms with van der Waals surface area (Å²) in [5.74, 6) is -2.14. The van der Waals surface area contributed by atoms with E-state index in [1.807, 2.05) is 0 Å². The molecule has 0 aliphatic carbocycles. The highest BCUT2D eigenvalue weighted by Crippen LogP contribution is 2.28. The Morgan fingerprint density at radius 3 is 2.19 bits per heavy atom. The maximum atomic E-state index is 12.8. The van der Waals surface area contributed by atoms with E-state index < -0.39 is 29.1 Å². The maximum absolute atomic E-state index is 12.8. The largest absolute Gasteiger partial charge is 0.573 e. The summed E-state index contributed by atoms with van der Waals surface area (Å²) in [7, 11) is 0. The van der Waals surface area contributed by atoms with E-state index in [9.17, 15) is 27.2 Å². The number of hydrogen-bond acceptors (Lipinski definition) is 3. The average molecular weight is 236 g/mol. The van der Waals surface area contributed by atoms with Crippen LogP contribution in [0.2, 0.25) is 0 Å². The predicted octanol–water partition coefficient (Wildman–Crippen LogP) is 2.35. The monoisotopic (exact) mass is 236 g/mol. The maximum Gasteiger partial charge on any atom is 0.573 e. The summed E-state index contributed by atoms with van der Waals surface area (Å²) < 4.78 is 51.8. The van der Waals surface area contributed by atoms with Gasteiger partial charge in [0.05, 0.1) is 5.56 Å². The molecule has 1 aromatic rings. The van der Waals surface area contributed by atoms with Crippen LogP contribution in [0.25, 0.3) is 0 Å². The molecule has 16 heavy (non-hydrogen) atoms. The van der Waals surface area contributed by atoms with Gasteiger partial charge < -0.3 is 4.74 Å². The number of alkyl halides is 3. The third-order valence-corrected chi connectivity index (χ3v) is 1.61. The number of aldehydes is 2. The Labute approximate surface area is 86.6 Å². The number of carbonyl (C=O) groups is 2. The molecule has 0 fully saturated rings. The van der Waals surface area contributed by atoms with E-state index in [4.69, 9.17) is 0 Å². The first-order valence-electron chi connectivity index (χ1n) is 3.87. The van der Waals surface area contributed by atoms with Crippen molar-refractivity contribution in [2.75, 3.05) is 0 Å². The van der Waals surface area contributed by atoms with Gasteiger partial charge in [0, 0.05) is 11.6 Å². The molecule has 0 spiro atoms. The topological polar surface area (TPSA) is 43.4 Å². The van der Waals surface area contributed by atoms with Crippen LogP contribution < -0.4 is 4.74 Å². The van der Waals surface area contributed by atoms with Crippen molar-refractivity contribution in [1.82, 2.24) is 0 Å². The van der Waals surface area contributed by atoms with E-state index in [-0.39, 0.29) is 12.6 Å². The van der Waals surface area contributed by atoms with Gasteiger partial charge >= 0.3 is 6.36 Å². The molecule has 1 rings (SSSR count). The zero-order valence-corrected chi connectivity index (χ0v) is 7.55. The van der Waals surface area contributed by atoms with Crippen LogP contribution in [0.4, 0.5) is 17.6 Å². The lowest BCUT2D eigenvalue weighted by molar-refractivity contribution is -0.274. The van der Waals surface area contributed by atoms with Gasteiger partial charge in [0.2, 0.25) is 0 Å². The van der Waals surface area contributed by atoms with Crippen LogP contribution in [0.5, 0.6) is 5.75 Å². The Balaban J connectivity index is 3.31. The third-order valence-electron chi connectivity index (χ3n) is 1.61. The Morgan fingerprint density at radius 2 is 1.75 bits per heavy atom. The van der Waals surface area contributed by atoms with Crippen molar-refractivity contribution >= 4 is 12.6 Å². The van der Waals surface area contributed by atoms with E-state index in [2.05, 4.69) is 4.74 Å². The predicted molar refractivity (Wildman–Crippen MR) is 43.9 cm³/mol. The molecule has 3 nitrogen and oxygen atoms in total. The normalized spacial score (nSPS) is 11.0. The molecule has 0 bridgehead atoms. The first-order chi connectivity index (χ1) is 7.37. The summed E-state index contributed by atoms with van der Waals surface area (Å²) in [4.78, 5) is 20.9. The summed E-state index contributed by atoms with van der Waals surface area (Å²) in [6, 6.07) is 1.02. The molecule has 0 unspecified atom stereocenters. The highest BCUT2D eigenvalue weighted by atomic mass is 19.4. The number of halogens is 4. The molecule has 1 aromatic carbocycles. The summed E-state index contributed by atoms with van der Waals surface area (Å²) >= 11 is 0. The number of hydrogen-bond donors (Lipinski definition) is 0. The van der Waals surface area contributed by atoms with Gasteiger partial charge in [-0.15, -0.1) is 13.2 Å². The standard InChI is InChI=1S/C9H4F4O3/c10-6-1-5(3-14)7(4-15)8(2-6)16-9(11,12)13/h1-4H. The zero-order chi connectivity index (χ0) is 12.3. The van der Waals surface area contributed by atoms with E-state index in [1.54, 1.807) is 0 Å². The molecular formula is C9H4F4O3. The molecule has 7 heteroatoms. The molecule has 0 aliphatic heterocycles.